The van der Waals surface area contributed by atoms with Gasteiger partial charge in [-0.25, -0.2) is 0 Å². The molecule has 2 heteroatoms. The number of benzene rings is 1. The van der Waals surface area contributed by atoms with Crippen LogP contribution >= 0.6 is 0 Å². The zero-order chi connectivity index (χ0) is 12.8. The first kappa shape index (κ1) is 14.0. The molecule has 0 bridgehead atoms. The van der Waals surface area contributed by atoms with Gasteiger partial charge in [-0.3, -0.25) is 0 Å². The van der Waals surface area contributed by atoms with Crippen LogP contribution in [0.5, 0.6) is 5.75 Å². The molecule has 0 aliphatic rings. The molecule has 0 spiro atoms. The summed E-state index contributed by atoms with van der Waals surface area (Å²) in [6.07, 6.45) is 2.56. The molecule has 0 saturated carbocycles. The van der Waals surface area contributed by atoms with Gasteiger partial charge in [0, 0.05) is 6.04 Å². The van der Waals surface area contributed by atoms with E-state index in [4.69, 9.17) is 4.74 Å². The first-order valence-electron chi connectivity index (χ1n) is 6.53. The fourth-order valence-electron chi connectivity index (χ4n) is 1.92. The molecule has 1 N–H and O–H groups in total. The predicted octanol–water partition coefficient (Wildman–Crippen LogP) is 3.84. The average Bonchev–Trinajstić information content (AvgIpc) is 2.31. The molecule has 0 radical (unpaired) electrons. The van der Waals surface area contributed by atoms with E-state index in [1.54, 1.807) is 0 Å². The number of hydrogen-bond acceptors (Lipinski definition) is 2. The van der Waals surface area contributed by atoms with Gasteiger partial charge in [0.25, 0.3) is 0 Å². The van der Waals surface area contributed by atoms with Crippen LogP contribution in [0.1, 0.15) is 50.8 Å². The quantitative estimate of drug-likeness (QED) is 0.809. The van der Waals surface area contributed by atoms with Crippen LogP contribution in [-0.2, 0) is 0 Å². The van der Waals surface area contributed by atoms with E-state index in [-0.39, 0.29) is 0 Å². The third-order valence-corrected chi connectivity index (χ3v) is 3.16. The third kappa shape index (κ3) is 4.04. The zero-order valence-electron chi connectivity index (χ0n) is 11.7. The van der Waals surface area contributed by atoms with Crippen molar-refractivity contribution in [1.82, 2.24) is 5.32 Å². The van der Waals surface area contributed by atoms with Crippen molar-refractivity contribution >= 4 is 0 Å². The minimum atomic E-state index is 0.297. The summed E-state index contributed by atoms with van der Waals surface area (Å²) in [5.74, 6) is 1.01. The molecule has 1 rings (SSSR count). The fraction of sp³-hybridized carbons (Fsp3) is 0.600. The Bertz CT molecular complexity index is 349. The van der Waals surface area contributed by atoms with E-state index < -0.39 is 0 Å². The van der Waals surface area contributed by atoms with Gasteiger partial charge in [0.15, 0.2) is 0 Å². The summed E-state index contributed by atoms with van der Waals surface area (Å²) >= 11 is 0. The molecule has 0 aromatic heterocycles. The van der Waals surface area contributed by atoms with Crippen LogP contribution in [0.3, 0.4) is 0 Å². The number of ether oxygens (including phenoxy) is 1. The van der Waals surface area contributed by atoms with Crippen molar-refractivity contribution in [3.63, 3.8) is 0 Å². The highest BCUT2D eigenvalue weighted by Gasteiger charge is 2.08. The van der Waals surface area contributed by atoms with Crippen molar-refractivity contribution in [2.75, 3.05) is 7.05 Å². The third-order valence-electron chi connectivity index (χ3n) is 3.16. The molecule has 1 aromatic carbocycles. The Balaban J connectivity index is 2.76. The van der Waals surface area contributed by atoms with E-state index in [1.165, 1.54) is 11.1 Å². The Labute approximate surface area is 105 Å². The molecule has 0 aliphatic heterocycles. The number of nitrogens with one attached hydrogen (secondary N) is 1. The number of rotatable bonds is 6. The van der Waals surface area contributed by atoms with E-state index in [1.807, 2.05) is 7.05 Å². The van der Waals surface area contributed by atoms with E-state index in [9.17, 15) is 0 Å². The summed E-state index contributed by atoms with van der Waals surface area (Å²) in [4.78, 5) is 0. The summed E-state index contributed by atoms with van der Waals surface area (Å²) in [7, 11) is 1.98. The minimum absolute atomic E-state index is 0.297. The predicted molar refractivity (Wildman–Crippen MR) is 73.7 cm³/mol. The highest BCUT2D eigenvalue weighted by Crippen LogP contribution is 2.24. The second-order valence-electron chi connectivity index (χ2n) is 4.75. The molecule has 17 heavy (non-hydrogen) atoms. The molecule has 1 aromatic rings. The topological polar surface area (TPSA) is 21.3 Å². The highest BCUT2D eigenvalue weighted by atomic mass is 16.5. The van der Waals surface area contributed by atoms with Crippen molar-refractivity contribution in [2.45, 2.75) is 52.7 Å². The second kappa shape index (κ2) is 6.65. The summed E-state index contributed by atoms with van der Waals surface area (Å²) in [5, 5.41) is 3.25. The molecule has 0 aliphatic carbocycles. The lowest BCUT2D eigenvalue weighted by Crippen LogP contribution is -2.14. The maximum atomic E-state index is 5.93. The monoisotopic (exact) mass is 235 g/mol. The average molecular weight is 235 g/mol. The van der Waals surface area contributed by atoms with E-state index in [2.05, 4.69) is 51.2 Å². The molecule has 2 atom stereocenters. The lowest BCUT2D eigenvalue weighted by Gasteiger charge is -2.18. The van der Waals surface area contributed by atoms with Gasteiger partial charge in [0.1, 0.15) is 5.75 Å². The van der Waals surface area contributed by atoms with E-state index >= 15 is 0 Å². The first-order chi connectivity index (χ1) is 8.08. The van der Waals surface area contributed by atoms with Gasteiger partial charge in [0.2, 0.25) is 0 Å². The van der Waals surface area contributed by atoms with Crippen LogP contribution in [0.2, 0.25) is 0 Å². The van der Waals surface area contributed by atoms with Crippen LogP contribution in [0.4, 0.5) is 0 Å². The maximum Gasteiger partial charge on any atom is 0.122 e. The first-order valence-corrected chi connectivity index (χ1v) is 6.53. The van der Waals surface area contributed by atoms with Crippen LogP contribution in [-0.4, -0.2) is 13.2 Å². The van der Waals surface area contributed by atoms with Crippen molar-refractivity contribution in [3.05, 3.63) is 29.3 Å². The minimum Gasteiger partial charge on any atom is -0.490 e. The van der Waals surface area contributed by atoms with Crippen LogP contribution in [0.15, 0.2) is 18.2 Å². The van der Waals surface area contributed by atoms with Gasteiger partial charge in [-0.1, -0.05) is 25.5 Å². The Morgan fingerprint density at radius 3 is 2.53 bits per heavy atom. The smallest absolute Gasteiger partial charge is 0.122 e. The largest absolute Gasteiger partial charge is 0.490 e. The molecule has 2 unspecified atom stereocenters. The SMILES string of the molecule is CCCC(C)Oc1ccc(C(C)NC)cc1C. The lowest BCUT2D eigenvalue weighted by atomic mass is 10.1. The molecular formula is C15H25NO. The molecule has 0 fully saturated rings. The van der Waals surface area contributed by atoms with Gasteiger partial charge >= 0.3 is 0 Å². The lowest BCUT2D eigenvalue weighted by molar-refractivity contribution is 0.208. The molecule has 2 nitrogen and oxygen atoms in total. The fourth-order valence-corrected chi connectivity index (χ4v) is 1.92. The van der Waals surface area contributed by atoms with Gasteiger partial charge in [0.05, 0.1) is 6.10 Å². The van der Waals surface area contributed by atoms with Gasteiger partial charge < -0.3 is 10.1 Å². The van der Waals surface area contributed by atoms with Crippen LogP contribution in [0, 0.1) is 6.92 Å². The van der Waals surface area contributed by atoms with Crippen LogP contribution < -0.4 is 10.1 Å². The van der Waals surface area contributed by atoms with Gasteiger partial charge in [-0.2, -0.15) is 0 Å². The maximum absolute atomic E-state index is 5.93. The molecule has 0 amide bonds. The number of aryl methyl sites for hydroxylation is 1. The van der Waals surface area contributed by atoms with Gasteiger partial charge in [-0.15, -0.1) is 0 Å². The summed E-state index contributed by atoms with van der Waals surface area (Å²) < 4.78 is 5.93. The van der Waals surface area contributed by atoms with E-state index in [0.29, 0.717) is 12.1 Å². The molecule has 96 valence electrons. The molecular weight excluding hydrogens is 210 g/mol. The van der Waals surface area contributed by atoms with Crippen molar-refractivity contribution < 1.29 is 4.74 Å². The summed E-state index contributed by atoms with van der Waals surface area (Å²) in [6.45, 7) is 8.59. The normalized spacial score (nSPS) is 14.4. The molecule has 0 saturated heterocycles. The zero-order valence-corrected chi connectivity index (χ0v) is 11.7. The Kier molecular flexibility index (Phi) is 5.49. The summed E-state index contributed by atoms with van der Waals surface area (Å²) in [6, 6.07) is 6.82. The van der Waals surface area contributed by atoms with Gasteiger partial charge in [-0.05, 0) is 51.4 Å². The Morgan fingerprint density at radius 2 is 2.00 bits per heavy atom. The summed E-state index contributed by atoms with van der Waals surface area (Å²) in [5.41, 5.74) is 2.52. The molecule has 0 heterocycles. The van der Waals surface area contributed by atoms with Crippen LogP contribution in [0.25, 0.3) is 0 Å². The van der Waals surface area contributed by atoms with Crippen molar-refractivity contribution in [2.24, 2.45) is 0 Å². The highest BCUT2D eigenvalue weighted by molar-refractivity contribution is 5.37. The Hall–Kier alpha value is -1.02. The van der Waals surface area contributed by atoms with Crippen molar-refractivity contribution in [1.29, 1.82) is 0 Å². The van der Waals surface area contributed by atoms with E-state index in [0.717, 1.165) is 18.6 Å². The number of hydrogen-bond donors (Lipinski definition) is 1. The second-order valence-corrected chi connectivity index (χ2v) is 4.75. The van der Waals surface area contributed by atoms with Crippen molar-refractivity contribution in [3.8, 4) is 5.75 Å². The Morgan fingerprint density at radius 1 is 1.29 bits per heavy atom. The standard InChI is InChI=1S/C15H25NO/c1-6-7-12(3)17-15-9-8-14(10-11(15)2)13(4)16-5/h8-10,12-13,16H,6-7H2,1-5H3.